The predicted molar refractivity (Wildman–Crippen MR) is 187 cm³/mol. The maximum absolute atomic E-state index is 13.9. The molecule has 15 heteroatoms. The Balaban J connectivity index is 1.65. The van der Waals surface area contributed by atoms with Crippen LogP contribution < -0.4 is 14.9 Å². The summed E-state index contributed by atoms with van der Waals surface area (Å²) in [7, 11) is -7.88. The van der Waals surface area contributed by atoms with Crippen LogP contribution in [0, 0.1) is 0 Å². The Morgan fingerprint density at radius 3 is 2.28 bits per heavy atom. The van der Waals surface area contributed by atoms with E-state index in [1.165, 1.54) is 34.6 Å². The third-order valence-corrected chi connectivity index (χ3v) is 12.1. The molecule has 0 bridgehead atoms. The highest BCUT2D eigenvalue weighted by atomic mass is 32.2. The first-order valence-corrected chi connectivity index (χ1v) is 19.8. The van der Waals surface area contributed by atoms with Crippen LogP contribution in [0.1, 0.15) is 66.6 Å². The number of hydrogen-bond acceptors (Lipinski definition) is 7. The van der Waals surface area contributed by atoms with Gasteiger partial charge in [0.2, 0.25) is 20.0 Å². The van der Waals surface area contributed by atoms with E-state index >= 15 is 0 Å². The van der Waals surface area contributed by atoms with E-state index < -0.39 is 49.8 Å². The molecular weight excluding hydrogens is 694 g/mol. The van der Waals surface area contributed by atoms with Gasteiger partial charge in [0, 0.05) is 38.3 Å². The summed E-state index contributed by atoms with van der Waals surface area (Å²) in [4.78, 5) is 13.7. The second kappa shape index (κ2) is 17.1. The van der Waals surface area contributed by atoms with Crippen molar-refractivity contribution < 1.29 is 39.9 Å². The lowest BCUT2D eigenvalue weighted by Crippen LogP contribution is -2.48. The summed E-state index contributed by atoms with van der Waals surface area (Å²) in [5.41, 5.74) is 0.304. The van der Waals surface area contributed by atoms with Crippen molar-refractivity contribution in [1.29, 1.82) is 0 Å². The van der Waals surface area contributed by atoms with E-state index in [4.69, 9.17) is 0 Å². The zero-order chi connectivity index (χ0) is 36.5. The van der Waals surface area contributed by atoms with E-state index in [1.54, 1.807) is 12.1 Å². The first-order valence-electron chi connectivity index (χ1n) is 16.7. The second-order valence-electron chi connectivity index (χ2n) is 12.4. The van der Waals surface area contributed by atoms with Gasteiger partial charge in [-0.1, -0.05) is 62.4 Å². The number of carbonyl (C=O) groups is 1. The van der Waals surface area contributed by atoms with Crippen molar-refractivity contribution in [3.8, 4) is 0 Å². The number of alkyl halides is 3. The fraction of sp³-hybridized carbons (Fsp3) is 0.457. The monoisotopic (exact) mass is 738 g/mol. The molecule has 1 aliphatic rings. The van der Waals surface area contributed by atoms with E-state index in [0.717, 1.165) is 22.0 Å². The van der Waals surface area contributed by atoms with Crippen molar-refractivity contribution in [2.45, 2.75) is 75.7 Å². The third kappa shape index (κ3) is 10.3. The minimum Gasteiger partial charge on any atom is -0.390 e. The Labute approximate surface area is 292 Å². The lowest BCUT2D eigenvalue weighted by atomic mass is 10.00. The van der Waals surface area contributed by atoms with Gasteiger partial charge in [-0.25, -0.2) is 16.8 Å². The van der Waals surface area contributed by atoms with Crippen molar-refractivity contribution in [1.82, 2.24) is 14.9 Å². The molecule has 10 nitrogen and oxygen atoms in total. The maximum atomic E-state index is 13.9. The first-order chi connectivity index (χ1) is 23.7. The number of benzene rings is 3. The number of aliphatic hydroxyl groups excluding tert-OH is 1. The molecule has 1 saturated heterocycles. The fourth-order valence-corrected chi connectivity index (χ4v) is 9.17. The van der Waals surface area contributed by atoms with Crippen LogP contribution in [0.3, 0.4) is 0 Å². The summed E-state index contributed by atoms with van der Waals surface area (Å²) in [6.45, 7) is 4.23. The van der Waals surface area contributed by atoms with Gasteiger partial charge < -0.3 is 15.7 Å². The Hall–Kier alpha value is -3.50. The molecular formula is C35H45F3N4O6S2. The number of hydrogen-bond donors (Lipinski definition) is 3. The van der Waals surface area contributed by atoms with Crippen LogP contribution in [0.5, 0.6) is 0 Å². The molecule has 274 valence electrons. The molecule has 0 aliphatic carbocycles. The molecule has 1 heterocycles. The topological polar surface area (TPSA) is 136 Å². The molecule has 3 N–H and O–H groups in total. The van der Waals surface area contributed by atoms with Crippen LogP contribution in [-0.2, 0) is 39.2 Å². The minimum atomic E-state index is -4.50. The quantitative estimate of drug-likeness (QED) is 0.190. The van der Waals surface area contributed by atoms with Gasteiger partial charge in [0.25, 0.3) is 5.91 Å². The van der Waals surface area contributed by atoms with Gasteiger partial charge in [0.1, 0.15) is 0 Å². The number of halogens is 3. The molecule has 0 saturated carbocycles. The van der Waals surface area contributed by atoms with E-state index in [1.807, 2.05) is 32.0 Å². The third-order valence-electron chi connectivity index (χ3n) is 8.39. The Morgan fingerprint density at radius 1 is 0.960 bits per heavy atom. The molecule has 2 atom stereocenters. The van der Waals surface area contributed by atoms with Gasteiger partial charge in [-0.05, 0) is 67.5 Å². The number of anilines is 1. The predicted octanol–water partition coefficient (Wildman–Crippen LogP) is 4.94. The van der Waals surface area contributed by atoms with Gasteiger partial charge >= 0.3 is 6.18 Å². The zero-order valence-corrected chi connectivity index (χ0v) is 29.8. The Kier molecular flexibility index (Phi) is 13.5. The summed E-state index contributed by atoms with van der Waals surface area (Å²) in [5, 5.41) is 17.1. The number of nitrogens with one attached hydrogen (secondary N) is 2. The van der Waals surface area contributed by atoms with Gasteiger partial charge in [-0.15, -0.1) is 0 Å². The largest absolute Gasteiger partial charge is 0.416 e. The number of aliphatic hydroxyl groups is 1. The molecule has 0 radical (unpaired) electrons. The van der Waals surface area contributed by atoms with Crippen molar-refractivity contribution in [2.24, 2.45) is 0 Å². The molecule has 4 rings (SSSR count). The van der Waals surface area contributed by atoms with Crippen molar-refractivity contribution in [3.05, 3.63) is 95.1 Å². The number of sulfonamides is 2. The number of rotatable bonds is 16. The van der Waals surface area contributed by atoms with Crippen LogP contribution in [0.2, 0.25) is 0 Å². The summed E-state index contributed by atoms with van der Waals surface area (Å²) in [6.07, 6.45) is -3.42. The summed E-state index contributed by atoms with van der Waals surface area (Å²) < 4.78 is 95.9. The highest BCUT2D eigenvalue weighted by molar-refractivity contribution is 7.92. The molecule has 50 heavy (non-hydrogen) atoms. The summed E-state index contributed by atoms with van der Waals surface area (Å²) in [6, 6.07) is 16.8. The highest BCUT2D eigenvalue weighted by Gasteiger charge is 2.32. The molecule has 0 aromatic heterocycles. The number of amides is 1. The van der Waals surface area contributed by atoms with Crippen molar-refractivity contribution in [2.75, 3.05) is 36.2 Å². The van der Waals surface area contributed by atoms with Crippen molar-refractivity contribution >= 4 is 31.6 Å². The van der Waals surface area contributed by atoms with E-state index in [-0.39, 0.29) is 61.0 Å². The van der Waals surface area contributed by atoms with Gasteiger partial charge in [-0.3, -0.25) is 9.10 Å². The van der Waals surface area contributed by atoms with Crippen LogP contribution in [-0.4, -0.2) is 76.2 Å². The smallest absolute Gasteiger partial charge is 0.390 e. The molecule has 1 fully saturated rings. The summed E-state index contributed by atoms with van der Waals surface area (Å²) >= 11 is 0. The number of carbonyl (C=O) groups excluding carboxylic acids is 1. The average molecular weight is 739 g/mol. The van der Waals surface area contributed by atoms with Crippen LogP contribution in [0.25, 0.3) is 0 Å². The standard InChI is InChI=1S/C35H45F3N4O6S2/c1-3-15-41(16-4-2)50(47,48)31-22-28(21-30(23-31)42-17-8-9-18-49(42,45)46)34(44)40-32(20-26-11-6-5-7-12-26)33(43)25-39-24-27-13-10-14-29(19-27)35(36,37)38/h5-7,10-14,19,21-23,32-33,39,43H,3-4,8-9,15-18,20,24-25H2,1-2H3,(H,40,44)/t32-,33+/m0/s1. The first kappa shape index (κ1) is 39.3. The number of nitrogens with zero attached hydrogens (tertiary/aromatic N) is 2. The lowest BCUT2D eigenvalue weighted by molar-refractivity contribution is -0.137. The van der Waals surface area contributed by atoms with Crippen LogP contribution >= 0.6 is 0 Å². The van der Waals surface area contributed by atoms with E-state index in [9.17, 15) is 39.9 Å². The maximum Gasteiger partial charge on any atom is 0.416 e. The molecule has 0 unspecified atom stereocenters. The molecule has 1 aliphatic heterocycles. The van der Waals surface area contributed by atoms with Crippen LogP contribution in [0.4, 0.5) is 18.9 Å². The Bertz CT molecular complexity index is 1800. The normalized spacial score (nSPS) is 16.3. The van der Waals surface area contributed by atoms with Crippen molar-refractivity contribution in [3.63, 3.8) is 0 Å². The highest BCUT2D eigenvalue weighted by Crippen LogP contribution is 2.31. The van der Waals surface area contributed by atoms with Crippen LogP contribution in [0.15, 0.2) is 77.7 Å². The lowest BCUT2D eigenvalue weighted by Gasteiger charge is -2.30. The molecule has 3 aromatic rings. The molecule has 1 amide bonds. The van der Waals surface area contributed by atoms with Gasteiger partial charge in [0.05, 0.1) is 34.0 Å². The fourth-order valence-electron chi connectivity index (χ4n) is 5.85. The SMILES string of the molecule is CCCN(CCC)S(=O)(=O)c1cc(C(=O)N[C@@H](Cc2ccccc2)[C@H](O)CNCc2cccc(C(F)(F)F)c2)cc(N2CCCCS2(=O)=O)c1. The average Bonchev–Trinajstić information content (AvgIpc) is 3.07. The van der Waals surface area contributed by atoms with Gasteiger partial charge in [-0.2, -0.15) is 17.5 Å². The molecule has 3 aromatic carbocycles. The van der Waals surface area contributed by atoms with E-state index in [2.05, 4.69) is 10.6 Å². The zero-order valence-electron chi connectivity index (χ0n) is 28.2. The Morgan fingerprint density at radius 2 is 1.64 bits per heavy atom. The second-order valence-corrected chi connectivity index (χ2v) is 16.3. The summed E-state index contributed by atoms with van der Waals surface area (Å²) in [5.74, 6) is -0.838. The van der Waals surface area contributed by atoms with Gasteiger partial charge in [0.15, 0.2) is 0 Å². The molecule has 0 spiro atoms. The minimum absolute atomic E-state index is 0.0204. The van der Waals surface area contributed by atoms with E-state index in [0.29, 0.717) is 31.2 Å².